The number of rotatable bonds is 9. The number of ether oxygens (including phenoxy) is 2. The molecule has 0 spiro atoms. The van der Waals surface area contributed by atoms with E-state index < -0.39 is 18.0 Å². The Morgan fingerprint density at radius 1 is 1.03 bits per heavy atom. The van der Waals surface area contributed by atoms with E-state index in [1.54, 1.807) is 6.92 Å². The van der Waals surface area contributed by atoms with E-state index in [9.17, 15) is 14.4 Å². The van der Waals surface area contributed by atoms with Crippen LogP contribution in [0.5, 0.6) is 0 Å². The number of esters is 2. The summed E-state index contributed by atoms with van der Waals surface area (Å²) in [5, 5.41) is 0. The summed E-state index contributed by atoms with van der Waals surface area (Å²) in [6, 6.07) is 0. The average molecular weight is 441 g/mol. The fourth-order valence-corrected chi connectivity index (χ4v) is 3.44. The number of carbonyl (C=O) groups excluding carboxylic acids is 3. The third-order valence-corrected chi connectivity index (χ3v) is 5.31. The maximum atomic E-state index is 12.8. The largest absolute Gasteiger partial charge is 0.469 e. The first kappa shape index (κ1) is 27.1. The molecule has 0 fully saturated rings. The zero-order valence-electron chi connectivity index (χ0n) is 20.4. The average Bonchev–Trinajstić information content (AvgIpc) is 2.73. The summed E-state index contributed by atoms with van der Waals surface area (Å²) < 4.78 is 9.93. The molecule has 0 N–H and O–H groups in total. The maximum Gasteiger partial charge on any atom is 0.307 e. The number of Topliss-reactive ketones (excluding diaryl/α,β-unsaturated/α-hetero) is 1. The lowest BCUT2D eigenvalue weighted by Crippen LogP contribution is -2.39. The minimum Gasteiger partial charge on any atom is -0.469 e. The second-order valence-electron chi connectivity index (χ2n) is 8.59. The first-order valence-electron chi connectivity index (χ1n) is 10.9. The summed E-state index contributed by atoms with van der Waals surface area (Å²) in [5.74, 6) is -1.25. The smallest absolute Gasteiger partial charge is 0.307 e. The molecule has 0 aromatic heterocycles. The van der Waals surface area contributed by atoms with Gasteiger partial charge in [0.25, 0.3) is 0 Å². The minimum atomic E-state index is -0.834. The van der Waals surface area contributed by atoms with Crippen LogP contribution in [0.25, 0.3) is 0 Å². The van der Waals surface area contributed by atoms with E-state index in [-0.39, 0.29) is 24.0 Å². The van der Waals surface area contributed by atoms with Crippen molar-refractivity contribution in [3.63, 3.8) is 0 Å². The van der Waals surface area contributed by atoms with Gasteiger partial charge in [-0.3, -0.25) is 14.4 Å². The number of hydrogen-bond donors (Lipinski definition) is 0. The van der Waals surface area contributed by atoms with Crippen molar-refractivity contribution in [2.75, 3.05) is 7.11 Å². The van der Waals surface area contributed by atoms with Gasteiger partial charge in [0, 0.05) is 6.42 Å². The molecule has 0 aliphatic heterocycles. The van der Waals surface area contributed by atoms with Crippen molar-refractivity contribution >= 4 is 17.7 Å². The second kappa shape index (κ2) is 12.8. The van der Waals surface area contributed by atoms with Crippen LogP contribution in [-0.4, -0.2) is 30.9 Å². The van der Waals surface area contributed by atoms with Gasteiger partial charge in [0.1, 0.15) is 0 Å². The van der Waals surface area contributed by atoms with Crippen LogP contribution in [0.2, 0.25) is 0 Å². The summed E-state index contributed by atoms with van der Waals surface area (Å²) in [4.78, 5) is 36.1. The molecule has 1 aliphatic carbocycles. The van der Waals surface area contributed by atoms with Crippen molar-refractivity contribution in [2.24, 2.45) is 5.41 Å². The number of ketones is 1. The fraction of sp³-hybridized carbons (Fsp3) is 0.444. The topological polar surface area (TPSA) is 69.7 Å². The first-order chi connectivity index (χ1) is 15.0. The Bertz CT molecular complexity index is 891. The van der Waals surface area contributed by atoms with Crippen LogP contribution in [-0.2, 0) is 23.9 Å². The van der Waals surface area contributed by atoms with Gasteiger partial charge in [-0.1, -0.05) is 73.6 Å². The number of methoxy groups -OCH3 is 1. The molecule has 1 aliphatic rings. The van der Waals surface area contributed by atoms with Crippen molar-refractivity contribution in [1.82, 2.24) is 0 Å². The van der Waals surface area contributed by atoms with E-state index in [1.165, 1.54) is 7.11 Å². The molecule has 0 saturated carbocycles. The molecule has 1 atom stereocenters. The van der Waals surface area contributed by atoms with Gasteiger partial charge in [-0.05, 0) is 44.3 Å². The monoisotopic (exact) mass is 440 g/mol. The third-order valence-electron chi connectivity index (χ3n) is 5.31. The van der Waals surface area contributed by atoms with Gasteiger partial charge in [0.15, 0.2) is 11.9 Å². The second-order valence-corrected chi connectivity index (χ2v) is 8.59. The predicted molar refractivity (Wildman–Crippen MR) is 128 cm³/mol. The van der Waals surface area contributed by atoms with E-state index >= 15 is 0 Å². The van der Waals surface area contributed by atoms with E-state index in [0.29, 0.717) is 12.0 Å². The number of carbonyl (C=O) groups is 3. The van der Waals surface area contributed by atoms with E-state index in [0.717, 1.165) is 16.7 Å². The quantitative estimate of drug-likeness (QED) is 0.337. The van der Waals surface area contributed by atoms with Gasteiger partial charge in [-0.15, -0.1) is 0 Å². The first-order valence-corrected chi connectivity index (χ1v) is 10.9. The molecule has 0 amide bonds. The van der Waals surface area contributed by atoms with Gasteiger partial charge >= 0.3 is 11.9 Å². The van der Waals surface area contributed by atoms with Crippen LogP contribution in [0, 0.1) is 5.41 Å². The third kappa shape index (κ3) is 8.66. The lowest BCUT2D eigenvalue weighted by atomic mass is 9.71. The molecule has 1 unspecified atom stereocenters. The van der Waals surface area contributed by atoms with Crippen molar-refractivity contribution < 1.29 is 23.9 Å². The lowest BCUT2D eigenvalue weighted by Gasteiger charge is -2.36. The molecule has 174 valence electrons. The molecule has 0 bridgehead atoms. The summed E-state index contributed by atoms with van der Waals surface area (Å²) in [6.07, 6.45) is 15.4. The molecule has 1 rings (SSSR count). The highest BCUT2D eigenvalue weighted by Crippen LogP contribution is 2.40. The Morgan fingerprint density at radius 3 is 2.25 bits per heavy atom. The Kier molecular flexibility index (Phi) is 10.8. The molecule has 0 saturated heterocycles. The lowest BCUT2D eigenvalue weighted by molar-refractivity contribution is -0.157. The summed E-state index contributed by atoms with van der Waals surface area (Å²) >= 11 is 0. The summed E-state index contributed by atoms with van der Waals surface area (Å²) in [5.41, 5.74) is 3.40. The molecule has 5 heteroatoms. The molecule has 0 aromatic carbocycles. The van der Waals surface area contributed by atoms with Crippen molar-refractivity contribution in [1.29, 1.82) is 0 Å². The van der Waals surface area contributed by atoms with E-state index in [2.05, 4.69) is 4.74 Å². The molecule has 5 nitrogen and oxygen atoms in total. The number of allylic oxidation sites excluding steroid dienone is 11. The van der Waals surface area contributed by atoms with Crippen LogP contribution in [0.15, 0.2) is 70.9 Å². The van der Waals surface area contributed by atoms with Crippen LogP contribution in [0.3, 0.4) is 0 Å². The fourth-order valence-electron chi connectivity index (χ4n) is 3.44. The number of hydrogen-bond acceptors (Lipinski definition) is 5. The van der Waals surface area contributed by atoms with E-state index in [4.69, 9.17) is 4.74 Å². The van der Waals surface area contributed by atoms with Crippen molar-refractivity contribution in [2.45, 2.75) is 66.9 Å². The van der Waals surface area contributed by atoms with Gasteiger partial charge in [-0.2, -0.15) is 0 Å². The highest BCUT2D eigenvalue weighted by atomic mass is 16.5. The molecular formula is C27H36O5. The summed E-state index contributed by atoms with van der Waals surface area (Å²) in [6.45, 7) is 11.9. The predicted octanol–water partition coefficient (Wildman–Crippen LogP) is 5.75. The highest BCUT2D eigenvalue weighted by Gasteiger charge is 2.39. The Morgan fingerprint density at radius 2 is 1.62 bits per heavy atom. The minimum absolute atomic E-state index is 0.0624. The Hall–Kier alpha value is -2.95. The highest BCUT2D eigenvalue weighted by molar-refractivity contribution is 6.01. The standard InChI is InChI=1S/C27H36O5/c1-8-9-11-19(2)12-10-13-20(3)14-15-22-21(4)26(30)23(18-27(22,5)6)32-25(29)17-16-24(28)31-7/h8-15,23H,16-18H2,1-7H3/b9-8+,12-10+,15-14+,19-11+,20-13+. The zero-order valence-corrected chi connectivity index (χ0v) is 20.4. The van der Waals surface area contributed by atoms with Gasteiger partial charge < -0.3 is 9.47 Å². The van der Waals surface area contributed by atoms with Crippen LogP contribution >= 0.6 is 0 Å². The van der Waals surface area contributed by atoms with Gasteiger partial charge in [0.2, 0.25) is 0 Å². The molecule has 0 radical (unpaired) electrons. The van der Waals surface area contributed by atoms with Crippen molar-refractivity contribution in [3.8, 4) is 0 Å². The van der Waals surface area contributed by atoms with Crippen LogP contribution in [0.1, 0.15) is 60.8 Å². The normalized spacial score (nSPS) is 20.0. The van der Waals surface area contributed by atoms with Gasteiger partial charge in [0.05, 0.1) is 20.0 Å². The molecule has 0 aromatic rings. The molecule has 0 heterocycles. The SMILES string of the molecule is C/C=C/C=C(C)/C=C/C=C(C)/C=C/C1=C(C)C(=O)C(OC(=O)CCC(=O)OC)CC1(C)C. The maximum absolute atomic E-state index is 12.8. The molecule has 32 heavy (non-hydrogen) atoms. The van der Waals surface area contributed by atoms with Gasteiger partial charge in [-0.25, -0.2) is 0 Å². The van der Waals surface area contributed by atoms with Crippen molar-refractivity contribution in [3.05, 3.63) is 70.9 Å². The van der Waals surface area contributed by atoms with E-state index in [1.807, 2.05) is 83.2 Å². The summed E-state index contributed by atoms with van der Waals surface area (Å²) in [7, 11) is 1.26. The van der Waals surface area contributed by atoms with Crippen LogP contribution in [0.4, 0.5) is 0 Å². The van der Waals surface area contributed by atoms with Crippen LogP contribution < -0.4 is 0 Å². The Labute approximate surface area is 192 Å². The Balaban J connectivity index is 2.92. The molecular weight excluding hydrogens is 404 g/mol. The zero-order chi connectivity index (χ0) is 24.3.